The maximum Gasteiger partial charge on any atom is 0.273 e. The van der Waals surface area contributed by atoms with Gasteiger partial charge < -0.3 is 14.4 Å². The van der Waals surface area contributed by atoms with E-state index in [9.17, 15) is 9.90 Å². The zero-order valence-corrected chi connectivity index (χ0v) is 13.9. The normalized spacial score (nSPS) is 10.7. The SMILES string of the molecule is O=C(c1csc(-c2ccoc2)n1)N(CCO)CCc1ccccc1. The molecule has 3 aromatic rings. The van der Waals surface area contributed by atoms with Crippen molar-refractivity contribution in [1.82, 2.24) is 9.88 Å². The quantitative estimate of drug-likeness (QED) is 0.716. The monoisotopic (exact) mass is 342 g/mol. The van der Waals surface area contributed by atoms with Gasteiger partial charge in [-0.15, -0.1) is 11.3 Å². The fourth-order valence-electron chi connectivity index (χ4n) is 2.40. The Balaban J connectivity index is 1.70. The summed E-state index contributed by atoms with van der Waals surface area (Å²) in [5.74, 6) is -0.161. The van der Waals surface area contributed by atoms with Gasteiger partial charge in [0.2, 0.25) is 0 Å². The molecule has 124 valence electrons. The molecule has 0 bridgehead atoms. The van der Waals surface area contributed by atoms with Crippen LogP contribution in [0.3, 0.4) is 0 Å². The molecule has 0 radical (unpaired) electrons. The van der Waals surface area contributed by atoms with Gasteiger partial charge in [-0.1, -0.05) is 30.3 Å². The number of hydrogen-bond acceptors (Lipinski definition) is 5. The lowest BCUT2D eigenvalue weighted by molar-refractivity contribution is 0.0719. The first-order valence-electron chi connectivity index (χ1n) is 7.70. The van der Waals surface area contributed by atoms with Crippen molar-refractivity contribution >= 4 is 17.2 Å². The maximum atomic E-state index is 12.7. The molecule has 0 aliphatic rings. The molecule has 0 aliphatic carbocycles. The predicted molar refractivity (Wildman–Crippen MR) is 93.0 cm³/mol. The van der Waals surface area contributed by atoms with Gasteiger partial charge in [0.15, 0.2) is 0 Å². The first kappa shape index (κ1) is 16.4. The van der Waals surface area contributed by atoms with Crippen LogP contribution in [-0.2, 0) is 6.42 Å². The van der Waals surface area contributed by atoms with Crippen molar-refractivity contribution in [1.29, 1.82) is 0 Å². The molecule has 2 heterocycles. The third kappa shape index (κ3) is 3.90. The Labute approximate surface area is 144 Å². The van der Waals surface area contributed by atoms with E-state index in [4.69, 9.17) is 4.42 Å². The van der Waals surface area contributed by atoms with E-state index in [1.165, 1.54) is 11.3 Å². The summed E-state index contributed by atoms with van der Waals surface area (Å²) in [5.41, 5.74) is 2.42. The molecule has 2 aromatic heterocycles. The second-order valence-electron chi connectivity index (χ2n) is 5.30. The molecule has 3 rings (SSSR count). The average Bonchev–Trinajstić information content (AvgIpc) is 3.30. The van der Waals surface area contributed by atoms with E-state index in [1.807, 2.05) is 36.4 Å². The predicted octanol–water partition coefficient (Wildman–Crippen LogP) is 3.08. The van der Waals surface area contributed by atoms with Crippen molar-refractivity contribution < 1.29 is 14.3 Å². The topological polar surface area (TPSA) is 66.6 Å². The van der Waals surface area contributed by atoms with Gasteiger partial charge in [-0.3, -0.25) is 4.79 Å². The van der Waals surface area contributed by atoms with Crippen molar-refractivity contribution in [3.05, 3.63) is 65.6 Å². The number of aromatic nitrogens is 1. The van der Waals surface area contributed by atoms with E-state index in [1.54, 1.807) is 22.8 Å². The van der Waals surface area contributed by atoms with Gasteiger partial charge in [-0.25, -0.2) is 4.98 Å². The number of hydrogen-bond donors (Lipinski definition) is 1. The molecule has 0 aliphatic heterocycles. The Hall–Kier alpha value is -2.44. The third-order valence-electron chi connectivity index (χ3n) is 3.66. The van der Waals surface area contributed by atoms with Crippen molar-refractivity contribution in [2.45, 2.75) is 6.42 Å². The van der Waals surface area contributed by atoms with Gasteiger partial charge in [0.1, 0.15) is 17.0 Å². The van der Waals surface area contributed by atoms with E-state index in [0.717, 1.165) is 22.6 Å². The molecule has 0 saturated heterocycles. The molecule has 0 unspecified atom stereocenters. The summed E-state index contributed by atoms with van der Waals surface area (Å²) in [6.45, 7) is 0.769. The summed E-state index contributed by atoms with van der Waals surface area (Å²) >= 11 is 1.40. The van der Waals surface area contributed by atoms with Crippen LogP contribution in [0.15, 0.2) is 58.7 Å². The highest BCUT2D eigenvalue weighted by Crippen LogP contribution is 2.24. The Morgan fingerprint density at radius 1 is 1.21 bits per heavy atom. The van der Waals surface area contributed by atoms with Crippen LogP contribution in [0.1, 0.15) is 16.1 Å². The largest absolute Gasteiger partial charge is 0.472 e. The van der Waals surface area contributed by atoms with Crippen molar-refractivity contribution in [2.24, 2.45) is 0 Å². The standard InChI is InChI=1S/C18H18N2O3S/c21-10-9-20(8-6-14-4-2-1-3-5-14)18(22)16-13-24-17(19-16)15-7-11-23-12-15/h1-5,7,11-13,21H,6,8-10H2. The summed E-state index contributed by atoms with van der Waals surface area (Å²) < 4.78 is 5.05. The molecule has 5 nitrogen and oxygen atoms in total. The Kier molecular flexibility index (Phi) is 5.40. The summed E-state index contributed by atoms with van der Waals surface area (Å²) in [7, 11) is 0. The highest BCUT2D eigenvalue weighted by molar-refractivity contribution is 7.13. The van der Waals surface area contributed by atoms with Crippen LogP contribution in [0.2, 0.25) is 0 Å². The number of carbonyl (C=O) groups excluding carboxylic acids is 1. The van der Waals surface area contributed by atoms with Gasteiger partial charge >= 0.3 is 0 Å². The molecule has 1 amide bonds. The molecule has 0 spiro atoms. The first-order valence-corrected chi connectivity index (χ1v) is 8.58. The zero-order chi connectivity index (χ0) is 16.8. The van der Waals surface area contributed by atoms with Crippen LogP contribution >= 0.6 is 11.3 Å². The summed E-state index contributed by atoms with van der Waals surface area (Å²) in [6.07, 6.45) is 3.93. The van der Waals surface area contributed by atoms with Crippen LogP contribution in [-0.4, -0.2) is 40.6 Å². The minimum atomic E-state index is -0.161. The highest BCUT2D eigenvalue weighted by atomic mass is 32.1. The van der Waals surface area contributed by atoms with Crippen LogP contribution in [0.4, 0.5) is 0 Å². The fourth-order valence-corrected chi connectivity index (χ4v) is 3.18. The Morgan fingerprint density at radius 3 is 2.75 bits per heavy atom. The number of furan rings is 1. The summed E-state index contributed by atoms with van der Waals surface area (Å²) in [6, 6.07) is 11.8. The maximum absolute atomic E-state index is 12.7. The second-order valence-corrected chi connectivity index (χ2v) is 6.16. The summed E-state index contributed by atoms with van der Waals surface area (Å²) in [5, 5.41) is 11.8. The van der Waals surface area contributed by atoms with Gasteiger partial charge in [-0.05, 0) is 18.1 Å². The van der Waals surface area contributed by atoms with Gasteiger partial charge in [0.05, 0.1) is 12.9 Å². The lowest BCUT2D eigenvalue weighted by Crippen LogP contribution is -2.35. The number of aliphatic hydroxyl groups excluding tert-OH is 1. The molecule has 1 aromatic carbocycles. The number of aliphatic hydroxyl groups is 1. The molecule has 1 N–H and O–H groups in total. The van der Waals surface area contributed by atoms with Gasteiger partial charge in [0.25, 0.3) is 5.91 Å². The van der Waals surface area contributed by atoms with E-state index >= 15 is 0 Å². The molecule has 0 fully saturated rings. The molecule has 0 atom stereocenters. The number of rotatable bonds is 7. The Bertz CT molecular complexity index is 769. The van der Waals surface area contributed by atoms with E-state index in [0.29, 0.717) is 18.8 Å². The smallest absolute Gasteiger partial charge is 0.273 e. The minimum absolute atomic E-state index is 0.0702. The van der Waals surface area contributed by atoms with Crippen molar-refractivity contribution in [3.63, 3.8) is 0 Å². The molecule has 6 heteroatoms. The lowest BCUT2D eigenvalue weighted by atomic mass is 10.1. The first-order chi connectivity index (χ1) is 11.8. The highest BCUT2D eigenvalue weighted by Gasteiger charge is 2.19. The molecule has 0 saturated carbocycles. The number of thiazole rings is 1. The zero-order valence-electron chi connectivity index (χ0n) is 13.1. The number of nitrogens with zero attached hydrogens (tertiary/aromatic N) is 2. The van der Waals surface area contributed by atoms with Gasteiger partial charge in [0, 0.05) is 24.0 Å². The van der Waals surface area contributed by atoms with Crippen LogP contribution in [0.5, 0.6) is 0 Å². The lowest BCUT2D eigenvalue weighted by Gasteiger charge is -2.20. The molecular weight excluding hydrogens is 324 g/mol. The number of amides is 1. The fraction of sp³-hybridized carbons (Fsp3) is 0.222. The third-order valence-corrected chi connectivity index (χ3v) is 4.55. The summed E-state index contributed by atoms with van der Waals surface area (Å²) in [4.78, 5) is 18.7. The number of carbonyl (C=O) groups is 1. The van der Waals surface area contributed by atoms with E-state index < -0.39 is 0 Å². The van der Waals surface area contributed by atoms with Crippen molar-refractivity contribution in [2.75, 3.05) is 19.7 Å². The molecular formula is C18H18N2O3S. The number of benzene rings is 1. The van der Waals surface area contributed by atoms with Crippen LogP contribution < -0.4 is 0 Å². The average molecular weight is 342 g/mol. The second kappa shape index (κ2) is 7.90. The van der Waals surface area contributed by atoms with Crippen LogP contribution in [0.25, 0.3) is 10.6 Å². The van der Waals surface area contributed by atoms with E-state index in [-0.39, 0.29) is 12.5 Å². The van der Waals surface area contributed by atoms with Crippen LogP contribution in [0, 0.1) is 0 Å². The molecule has 24 heavy (non-hydrogen) atoms. The Morgan fingerprint density at radius 2 is 2.04 bits per heavy atom. The van der Waals surface area contributed by atoms with E-state index in [2.05, 4.69) is 4.98 Å². The minimum Gasteiger partial charge on any atom is -0.472 e. The van der Waals surface area contributed by atoms with Crippen molar-refractivity contribution in [3.8, 4) is 10.6 Å². The van der Waals surface area contributed by atoms with Gasteiger partial charge in [-0.2, -0.15) is 0 Å².